The van der Waals surface area contributed by atoms with Crippen molar-refractivity contribution in [3.05, 3.63) is 32.6 Å². The summed E-state index contributed by atoms with van der Waals surface area (Å²) in [5, 5.41) is 9.66. The van der Waals surface area contributed by atoms with Crippen LogP contribution in [0.3, 0.4) is 0 Å². The minimum Gasteiger partial charge on any atom is -0.390 e. The second kappa shape index (κ2) is 5.48. The first-order valence-corrected chi connectivity index (χ1v) is 7.08. The van der Waals surface area contributed by atoms with Crippen molar-refractivity contribution >= 4 is 22.6 Å². The fourth-order valence-electron chi connectivity index (χ4n) is 1.93. The first-order chi connectivity index (χ1) is 9.24. The van der Waals surface area contributed by atoms with E-state index in [0.29, 0.717) is 15.2 Å². The van der Waals surface area contributed by atoms with Crippen molar-refractivity contribution < 1.29 is 23.0 Å². The monoisotopic (exact) mass is 406 g/mol. The quantitative estimate of drug-likeness (QED) is 0.558. The zero-order chi connectivity index (χ0) is 15.1. The number of halogens is 4. The first kappa shape index (κ1) is 15.5. The zero-order valence-corrected chi connectivity index (χ0v) is 12.0. The predicted octanol–water partition coefficient (Wildman–Crippen LogP) is 0.639. The van der Waals surface area contributed by atoms with Crippen molar-refractivity contribution in [2.75, 3.05) is 4.43 Å². The van der Waals surface area contributed by atoms with Gasteiger partial charge in [-0.05, 0) is 0 Å². The third-order valence-electron chi connectivity index (χ3n) is 2.94. The molecule has 0 unspecified atom stereocenters. The highest BCUT2D eigenvalue weighted by atomic mass is 127. The SMILES string of the molecule is O=c1[nH]c(=O)n([C@H]2C[C@H](O)[C@@H](CI)O2)cc1C(F)(F)F. The van der Waals surface area contributed by atoms with Crippen molar-refractivity contribution in [2.45, 2.75) is 31.0 Å². The van der Waals surface area contributed by atoms with Gasteiger partial charge in [0, 0.05) is 17.0 Å². The Morgan fingerprint density at radius 2 is 2.15 bits per heavy atom. The maximum absolute atomic E-state index is 12.6. The van der Waals surface area contributed by atoms with E-state index in [-0.39, 0.29) is 6.42 Å². The van der Waals surface area contributed by atoms with E-state index in [2.05, 4.69) is 0 Å². The number of rotatable bonds is 2. The molecule has 1 aliphatic heterocycles. The molecule has 0 saturated carbocycles. The molecular formula is C10H10F3IN2O4. The van der Waals surface area contributed by atoms with Gasteiger partial charge in [-0.15, -0.1) is 0 Å². The number of nitrogens with one attached hydrogen (secondary N) is 1. The molecule has 1 aromatic rings. The molecule has 0 aliphatic carbocycles. The molecule has 1 aromatic heterocycles. The van der Waals surface area contributed by atoms with E-state index in [0.717, 1.165) is 0 Å². The van der Waals surface area contributed by atoms with Crippen molar-refractivity contribution in [2.24, 2.45) is 0 Å². The maximum Gasteiger partial charge on any atom is 0.423 e. The highest BCUT2D eigenvalue weighted by Gasteiger charge is 2.38. The highest BCUT2D eigenvalue weighted by molar-refractivity contribution is 14.1. The summed E-state index contributed by atoms with van der Waals surface area (Å²) < 4.78 is 44.3. The Kier molecular flexibility index (Phi) is 4.25. The van der Waals surface area contributed by atoms with Gasteiger partial charge in [-0.25, -0.2) is 4.79 Å². The molecule has 10 heteroatoms. The standard InChI is InChI=1S/C10H10F3IN2O4/c11-10(12,13)4-3-16(9(19)15-8(4)18)7-1-5(17)6(2-14)20-7/h3,5-7,17H,1-2H2,(H,15,18,19)/t5-,6+,7+/m0/s1. The number of H-pyrrole nitrogens is 1. The Balaban J connectivity index is 2.43. The molecule has 0 spiro atoms. The summed E-state index contributed by atoms with van der Waals surface area (Å²) >= 11 is 1.96. The smallest absolute Gasteiger partial charge is 0.390 e. The van der Waals surface area contributed by atoms with E-state index in [1.54, 1.807) is 4.98 Å². The normalized spacial score (nSPS) is 26.9. The lowest BCUT2D eigenvalue weighted by atomic mass is 10.2. The van der Waals surface area contributed by atoms with E-state index in [9.17, 15) is 27.9 Å². The van der Waals surface area contributed by atoms with E-state index in [1.807, 2.05) is 22.6 Å². The first-order valence-electron chi connectivity index (χ1n) is 5.56. The lowest BCUT2D eigenvalue weighted by molar-refractivity contribution is -0.139. The second-order valence-corrected chi connectivity index (χ2v) is 5.17. The molecule has 0 aromatic carbocycles. The molecular weight excluding hydrogens is 396 g/mol. The Labute approximate surface area is 123 Å². The molecule has 2 rings (SSSR count). The van der Waals surface area contributed by atoms with Gasteiger partial charge in [0.25, 0.3) is 5.56 Å². The molecule has 3 atom stereocenters. The van der Waals surface area contributed by atoms with Gasteiger partial charge < -0.3 is 9.84 Å². The second-order valence-electron chi connectivity index (χ2n) is 4.29. The number of ether oxygens (including phenoxy) is 1. The van der Waals surface area contributed by atoms with Gasteiger partial charge in [-0.1, -0.05) is 22.6 Å². The minimum absolute atomic E-state index is 0.0169. The Bertz CT molecular complexity index is 612. The highest BCUT2D eigenvalue weighted by Crippen LogP contribution is 2.30. The number of hydrogen-bond acceptors (Lipinski definition) is 4. The molecule has 2 heterocycles. The van der Waals surface area contributed by atoms with Gasteiger partial charge in [0.2, 0.25) is 0 Å². The topological polar surface area (TPSA) is 84.3 Å². The molecule has 1 aliphatic rings. The molecule has 2 N–H and O–H groups in total. The maximum atomic E-state index is 12.6. The number of aromatic amines is 1. The predicted molar refractivity (Wildman–Crippen MR) is 69.7 cm³/mol. The fourth-order valence-corrected chi connectivity index (χ4v) is 2.72. The van der Waals surface area contributed by atoms with Gasteiger partial charge in [-0.2, -0.15) is 13.2 Å². The average molecular weight is 406 g/mol. The van der Waals surface area contributed by atoms with Crippen molar-refractivity contribution in [3.63, 3.8) is 0 Å². The van der Waals surface area contributed by atoms with Gasteiger partial charge in [0.15, 0.2) is 0 Å². The molecule has 1 saturated heterocycles. The summed E-state index contributed by atoms with van der Waals surface area (Å²) in [5.74, 6) is 0. The average Bonchev–Trinajstić information content (AvgIpc) is 2.68. The molecule has 112 valence electrons. The Morgan fingerprint density at radius 3 is 2.65 bits per heavy atom. The number of aromatic nitrogens is 2. The van der Waals surface area contributed by atoms with Crippen molar-refractivity contribution in [1.82, 2.24) is 9.55 Å². The number of aliphatic hydroxyl groups excluding tert-OH is 1. The summed E-state index contributed by atoms with van der Waals surface area (Å²) in [7, 11) is 0. The summed E-state index contributed by atoms with van der Waals surface area (Å²) in [4.78, 5) is 24.3. The van der Waals surface area contributed by atoms with Crippen LogP contribution >= 0.6 is 22.6 Å². The van der Waals surface area contributed by atoms with Crippen LogP contribution < -0.4 is 11.2 Å². The van der Waals surface area contributed by atoms with Crippen molar-refractivity contribution in [1.29, 1.82) is 0 Å². The molecule has 6 nitrogen and oxygen atoms in total. The summed E-state index contributed by atoms with van der Waals surface area (Å²) in [6.45, 7) is 0. The largest absolute Gasteiger partial charge is 0.423 e. The molecule has 0 radical (unpaired) electrons. The van der Waals surface area contributed by atoms with Gasteiger partial charge >= 0.3 is 11.9 Å². The number of nitrogens with zero attached hydrogens (tertiary/aromatic N) is 1. The van der Waals surface area contributed by atoms with E-state index < -0.39 is 41.4 Å². The lowest BCUT2D eigenvalue weighted by Crippen LogP contribution is -2.36. The van der Waals surface area contributed by atoms with Crippen LogP contribution in [0.5, 0.6) is 0 Å². The van der Waals surface area contributed by atoms with Gasteiger partial charge in [0.1, 0.15) is 11.8 Å². The van der Waals surface area contributed by atoms with Crippen LogP contribution in [-0.4, -0.2) is 31.3 Å². The molecule has 0 bridgehead atoms. The number of hydrogen-bond donors (Lipinski definition) is 2. The van der Waals surface area contributed by atoms with Crippen LogP contribution in [0.1, 0.15) is 18.2 Å². The lowest BCUT2D eigenvalue weighted by Gasteiger charge is -2.16. The molecule has 20 heavy (non-hydrogen) atoms. The van der Waals surface area contributed by atoms with Crippen LogP contribution in [-0.2, 0) is 10.9 Å². The van der Waals surface area contributed by atoms with Gasteiger partial charge in [-0.3, -0.25) is 14.3 Å². The molecule has 1 fully saturated rings. The summed E-state index contributed by atoms with van der Waals surface area (Å²) in [5.41, 5.74) is -3.98. The summed E-state index contributed by atoms with van der Waals surface area (Å²) in [6, 6.07) is 0. The van der Waals surface area contributed by atoms with Crippen molar-refractivity contribution in [3.8, 4) is 0 Å². The Hall–Kier alpha value is -0.880. The number of alkyl halides is 4. The third-order valence-corrected chi connectivity index (χ3v) is 3.81. The summed E-state index contributed by atoms with van der Waals surface area (Å²) in [6.07, 6.45) is -6.93. The van der Waals surface area contributed by atoms with E-state index in [1.165, 1.54) is 0 Å². The zero-order valence-electron chi connectivity index (χ0n) is 9.85. The van der Waals surface area contributed by atoms with Crippen LogP contribution in [0.15, 0.2) is 15.8 Å². The third kappa shape index (κ3) is 2.91. The van der Waals surface area contributed by atoms with Gasteiger partial charge in [0.05, 0.1) is 12.2 Å². The number of aliphatic hydroxyl groups is 1. The fraction of sp³-hybridized carbons (Fsp3) is 0.600. The van der Waals surface area contributed by atoms with E-state index in [4.69, 9.17) is 4.74 Å². The van der Waals surface area contributed by atoms with Crippen LogP contribution in [0, 0.1) is 0 Å². The minimum atomic E-state index is -4.87. The van der Waals surface area contributed by atoms with Crippen LogP contribution in [0.25, 0.3) is 0 Å². The van der Waals surface area contributed by atoms with E-state index >= 15 is 0 Å². The van der Waals surface area contributed by atoms with Crippen LogP contribution in [0.2, 0.25) is 0 Å². The molecule has 0 amide bonds. The Morgan fingerprint density at radius 1 is 1.50 bits per heavy atom. The van der Waals surface area contributed by atoms with Crippen LogP contribution in [0.4, 0.5) is 13.2 Å².